The number of carbonyl (C=O) groups excluding carboxylic acids is 2. The van der Waals surface area contributed by atoms with Crippen LogP contribution in [-0.4, -0.2) is 36.4 Å². The zero-order valence-corrected chi connectivity index (χ0v) is 8.49. The molecule has 0 radical (unpaired) electrons. The summed E-state index contributed by atoms with van der Waals surface area (Å²) in [4.78, 5) is 21.2. The van der Waals surface area contributed by atoms with Gasteiger partial charge in [0, 0.05) is 13.3 Å². The number of rotatable bonds is 6. The van der Waals surface area contributed by atoms with Crippen molar-refractivity contribution in [3.8, 4) is 0 Å². The van der Waals surface area contributed by atoms with Crippen LogP contribution >= 0.6 is 0 Å². The molecule has 14 heavy (non-hydrogen) atoms. The number of aliphatic hydroxyl groups excluding tert-OH is 1. The highest BCUT2D eigenvalue weighted by Gasteiger charge is 2.11. The van der Waals surface area contributed by atoms with Crippen molar-refractivity contribution in [2.45, 2.75) is 32.8 Å². The molecule has 0 aliphatic rings. The molecular formula is C9H16O5. The Kier molecular flexibility index (Phi) is 6.74. The van der Waals surface area contributed by atoms with Crippen molar-refractivity contribution in [3.63, 3.8) is 0 Å². The molecule has 0 aromatic heterocycles. The summed E-state index contributed by atoms with van der Waals surface area (Å²) in [5.41, 5.74) is 0. The number of hydrogen-bond acceptors (Lipinski definition) is 5. The van der Waals surface area contributed by atoms with E-state index < -0.39 is 18.0 Å². The predicted octanol–water partition coefficient (Wildman–Crippen LogP) is 0.254. The van der Waals surface area contributed by atoms with Gasteiger partial charge in [0.05, 0.1) is 25.7 Å². The van der Waals surface area contributed by atoms with Gasteiger partial charge in [-0.3, -0.25) is 9.59 Å². The molecule has 1 atom stereocenters. The van der Waals surface area contributed by atoms with Crippen molar-refractivity contribution in [3.05, 3.63) is 0 Å². The number of carbonyl (C=O) groups is 2. The Bertz CT molecular complexity index is 190. The molecule has 0 aromatic rings. The Hall–Kier alpha value is -1.10. The third kappa shape index (κ3) is 7.54. The highest BCUT2D eigenvalue weighted by Crippen LogP contribution is 2.00. The van der Waals surface area contributed by atoms with E-state index in [-0.39, 0.29) is 19.4 Å². The average molecular weight is 204 g/mol. The summed E-state index contributed by atoms with van der Waals surface area (Å²) >= 11 is 0. The average Bonchev–Trinajstić information content (AvgIpc) is 2.03. The monoisotopic (exact) mass is 204 g/mol. The quantitative estimate of drug-likeness (QED) is 0.628. The second-order valence-corrected chi connectivity index (χ2v) is 2.79. The minimum absolute atomic E-state index is 0.0604. The fraction of sp³-hybridized carbons (Fsp3) is 0.778. The van der Waals surface area contributed by atoms with E-state index in [9.17, 15) is 14.7 Å². The van der Waals surface area contributed by atoms with Crippen molar-refractivity contribution < 1.29 is 24.2 Å². The van der Waals surface area contributed by atoms with Gasteiger partial charge in [-0.15, -0.1) is 0 Å². The first-order chi connectivity index (χ1) is 6.56. The smallest absolute Gasteiger partial charge is 0.308 e. The van der Waals surface area contributed by atoms with Gasteiger partial charge in [0.1, 0.15) is 0 Å². The first kappa shape index (κ1) is 12.9. The lowest BCUT2D eigenvalue weighted by Crippen LogP contribution is -2.18. The molecule has 0 fully saturated rings. The summed E-state index contributed by atoms with van der Waals surface area (Å²) in [6.07, 6.45) is -0.624. The number of hydrogen-bond donors (Lipinski definition) is 1. The third-order valence-corrected chi connectivity index (χ3v) is 1.46. The second kappa shape index (κ2) is 7.32. The maximum atomic E-state index is 10.9. The van der Waals surface area contributed by atoms with Gasteiger partial charge in [-0.25, -0.2) is 0 Å². The van der Waals surface area contributed by atoms with E-state index in [1.54, 1.807) is 6.92 Å². The summed E-state index contributed by atoms with van der Waals surface area (Å²) < 4.78 is 9.24. The lowest BCUT2D eigenvalue weighted by Gasteiger charge is -2.09. The van der Waals surface area contributed by atoms with Crippen LogP contribution in [0.15, 0.2) is 0 Å². The van der Waals surface area contributed by atoms with Crippen molar-refractivity contribution in [1.82, 2.24) is 0 Å². The second-order valence-electron chi connectivity index (χ2n) is 2.79. The van der Waals surface area contributed by atoms with Crippen molar-refractivity contribution in [2.24, 2.45) is 0 Å². The lowest BCUT2D eigenvalue weighted by molar-refractivity contribution is -0.145. The SMILES string of the molecule is CCOC(=O)CC(O)CCOC(C)=O. The van der Waals surface area contributed by atoms with Crippen LogP contribution in [0.4, 0.5) is 0 Å². The fourth-order valence-corrected chi connectivity index (χ4v) is 0.853. The maximum absolute atomic E-state index is 10.9. The van der Waals surface area contributed by atoms with E-state index in [0.29, 0.717) is 6.61 Å². The van der Waals surface area contributed by atoms with E-state index in [1.165, 1.54) is 6.92 Å². The summed E-state index contributed by atoms with van der Waals surface area (Å²) in [6.45, 7) is 3.41. The molecule has 1 unspecified atom stereocenters. The fourth-order valence-electron chi connectivity index (χ4n) is 0.853. The van der Waals surface area contributed by atoms with Gasteiger partial charge in [-0.2, -0.15) is 0 Å². The van der Waals surface area contributed by atoms with Crippen LogP contribution in [0.5, 0.6) is 0 Å². The molecule has 0 bridgehead atoms. The largest absolute Gasteiger partial charge is 0.466 e. The highest BCUT2D eigenvalue weighted by atomic mass is 16.5. The van der Waals surface area contributed by atoms with Crippen LogP contribution in [0.1, 0.15) is 26.7 Å². The molecule has 0 saturated carbocycles. The minimum atomic E-state index is -0.812. The Morgan fingerprint density at radius 1 is 1.36 bits per heavy atom. The molecule has 5 heteroatoms. The highest BCUT2D eigenvalue weighted by molar-refractivity contribution is 5.69. The van der Waals surface area contributed by atoms with Gasteiger partial charge in [-0.1, -0.05) is 0 Å². The van der Waals surface area contributed by atoms with Crippen LogP contribution in [0.3, 0.4) is 0 Å². The van der Waals surface area contributed by atoms with Crippen molar-refractivity contribution in [2.75, 3.05) is 13.2 Å². The molecule has 0 aliphatic carbocycles. The summed E-state index contributed by atoms with van der Waals surface area (Å²) in [6, 6.07) is 0. The standard InChI is InChI=1S/C9H16O5/c1-3-13-9(12)6-8(11)4-5-14-7(2)10/h8,11H,3-6H2,1-2H3. The van der Waals surface area contributed by atoms with E-state index in [0.717, 1.165) is 0 Å². The van der Waals surface area contributed by atoms with Crippen molar-refractivity contribution in [1.29, 1.82) is 0 Å². The molecule has 0 amide bonds. The van der Waals surface area contributed by atoms with Crippen LogP contribution in [-0.2, 0) is 19.1 Å². The van der Waals surface area contributed by atoms with Crippen LogP contribution in [0, 0.1) is 0 Å². The summed E-state index contributed by atoms with van der Waals surface area (Å²) in [5, 5.41) is 9.27. The third-order valence-electron chi connectivity index (χ3n) is 1.46. The molecule has 0 aliphatic heterocycles. The molecule has 5 nitrogen and oxygen atoms in total. The molecule has 82 valence electrons. The molecule has 0 heterocycles. The summed E-state index contributed by atoms with van der Waals surface area (Å²) in [7, 11) is 0. The van der Waals surface area contributed by atoms with Gasteiger partial charge in [0.2, 0.25) is 0 Å². The van der Waals surface area contributed by atoms with Gasteiger partial charge in [0.15, 0.2) is 0 Å². The predicted molar refractivity (Wildman–Crippen MR) is 48.5 cm³/mol. The van der Waals surface area contributed by atoms with Crippen molar-refractivity contribution >= 4 is 11.9 Å². The van der Waals surface area contributed by atoms with Gasteiger partial charge >= 0.3 is 11.9 Å². The molecule has 0 spiro atoms. The lowest BCUT2D eigenvalue weighted by atomic mass is 10.2. The van der Waals surface area contributed by atoms with E-state index >= 15 is 0 Å². The number of ether oxygens (including phenoxy) is 2. The van der Waals surface area contributed by atoms with E-state index in [4.69, 9.17) is 0 Å². The van der Waals surface area contributed by atoms with Crippen LogP contribution in [0.2, 0.25) is 0 Å². The normalized spacial score (nSPS) is 11.9. The van der Waals surface area contributed by atoms with Gasteiger partial charge in [0.25, 0.3) is 0 Å². The summed E-state index contributed by atoms with van der Waals surface area (Å²) in [5.74, 6) is -0.837. The molecular weight excluding hydrogens is 188 g/mol. The zero-order chi connectivity index (χ0) is 11.0. The minimum Gasteiger partial charge on any atom is -0.466 e. The Labute approximate surface area is 83.0 Å². The number of esters is 2. The topological polar surface area (TPSA) is 72.8 Å². The first-order valence-corrected chi connectivity index (χ1v) is 4.53. The van der Waals surface area contributed by atoms with Gasteiger partial charge < -0.3 is 14.6 Å². The Balaban J connectivity index is 3.49. The first-order valence-electron chi connectivity index (χ1n) is 4.53. The maximum Gasteiger partial charge on any atom is 0.308 e. The van der Waals surface area contributed by atoms with Crippen LogP contribution < -0.4 is 0 Å². The molecule has 1 N–H and O–H groups in total. The number of aliphatic hydroxyl groups is 1. The zero-order valence-electron chi connectivity index (χ0n) is 8.49. The van der Waals surface area contributed by atoms with E-state index in [1.807, 2.05) is 0 Å². The Morgan fingerprint density at radius 3 is 2.50 bits per heavy atom. The molecule has 0 aromatic carbocycles. The van der Waals surface area contributed by atoms with Crippen LogP contribution in [0.25, 0.3) is 0 Å². The van der Waals surface area contributed by atoms with E-state index in [2.05, 4.69) is 9.47 Å². The molecule has 0 rings (SSSR count). The van der Waals surface area contributed by atoms with Gasteiger partial charge in [-0.05, 0) is 6.92 Å². The molecule has 0 saturated heterocycles. The Morgan fingerprint density at radius 2 is 2.00 bits per heavy atom.